The van der Waals surface area contributed by atoms with Crippen LogP contribution in [0.2, 0.25) is 0 Å². The van der Waals surface area contributed by atoms with E-state index in [2.05, 4.69) is 0 Å². The van der Waals surface area contributed by atoms with Gasteiger partial charge in [0.1, 0.15) is 6.61 Å². The molecule has 51 heavy (non-hydrogen) atoms. The Kier molecular flexibility index (Phi) is 16.5. The smallest absolute Gasteiger partial charge is 0.338 e. The summed E-state index contributed by atoms with van der Waals surface area (Å²) in [6.45, 7) is 5.60. The number of carbonyl (C=O) groups excluding carboxylic acids is 4. The molecule has 0 bridgehead atoms. The van der Waals surface area contributed by atoms with E-state index in [4.69, 9.17) is 18.9 Å². The minimum Gasteiger partial charge on any atom is -0.458 e. The van der Waals surface area contributed by atoms with Gasteiger partial charge in [0.05, 0.1) is 32.1 Å². The Bertz CT molecular complexity index is 1650. The Labute approximate surface area is 312 Å². The summed E-state index contributed by atoms with van der Waals surface area (Å²) in [6.07, 6.45) is -3.93. The van der Waals surface area contributed by atoms with Crippen LogP contribution < -0.4 is 0 Å². The molecule has 4 aromatic carbocycles. The van der Waals surface area contributed by atoms with Crippen LogP contribution in [-0.2, 0) is 18.9 Å². The van der Waals surface area contributed by atoms with Gasteiger partial charge in [0.15, 0.2) is 18.3 Å². The first kappa shape index (κ1) is 39.6. The second-order valence-electron chi connectivity index (χ2n) is 10.9. The molecule has 0 N–H and O–H groups in total. The third-order valence-electron chi connectivity index (χ3n) is 7.46. The van der Waals surface area contributed by atoms with Crippen LogP contribution in [0.1, 0.15) is 62.2 Å². The quantitative estimate of drug-likeness (QED) is 0.0524. The molecule has 0 saturated carbocycles. The highest BCUT2D eigenvalue weighted by Gasteiger charge is 2.46. The van der Waals surface area contributed by atoms with Gasteiger partial charge >= 0.3 is 23.9 Å². The predicted molar refractivity (Wildman–Crippen MR) is 206 cm³/mol. The number of benzene rings is 4. The third-order valence-corrected chi connectivity index (χ3v) is 11.8. The maximum absolute atomic E-state index is 13.9. The molecule has 0 aliphatic heterocycles. The van der Waals surface area contributed by atoms with Crippen LogP contribution >= 0.6 is 35.3 Å². The number of hydrogen-bond acceptors (Lipinski definition) is 11. The highest BCUT2D eigenvalue weighted by atomic mass is 32.2. The second kappa shape index (κ2) is 21.2. The monoisotopic (exact) mass is 746 g/mol. The molecule has 8 nitrogen and oxygen atoms in total. The maximum Gasteiger partial charge on any atom is 0.338 e. The van der Waals surface area contributed by atoms with Gasteiger partial charge in [-0.15, -0.1) is 23.5 Å². The van der Waals surface area contributed by atoms with Gasteiger partial charge in [0, 0.05) is 0 Å². The Hall–Kier alpha value is -4.19. The van der Waals surface area contributed by atoms with E-state index in [1.165, 1.54) is 0 Å². The first-order valence-electron chi connectivity index (χ1n) is 16.7. The minimum absolute atomic E-state index is 0.117. The highest BCUT2D eigenvalue weighted by molar-refractivity contribution is 8.18. The number of hydrogen-bond donors (Lipinski definition) is 0. The number of ether oxygens (including phenoxy) is 4. The van der Waals surface area contributed by atoms with Crippen molar-refractivity contribution in [3.63, 3.8) is 0 Å². The first-order valence-corrected chi connectivity index (χ1v) is 19.9. The largest absolute Gasteiger partial charge is 0.458 e. The van der Waals surface area contributed by atoms with E-state index in [9.17, 15) is 19.2 Å². The zero-order valence-electron chi connectivity index (χ0n) is 28.8. The number of carbonyl (C=O) groups is 4. The van der Waals surface area contributed by atoms with Crippen molar-refractivity contribution in [3.05, 3.63) is 144 Å². The lowest BCUT2D eigenvalue weighted by Crippen LogP contribution is -2.53. The number of thioether (sulfide) groups is 3. The fourth-order valence-corrected chi connectivity index (χ4v) is 9.52. The van der Waals surface area contributed by atoms with Crippen molar-refractivity contribution in [1.29, 1.82) is 0 Å². The molecule has 0 radical (unpaired) electrons. The van der Waals surface area contributed by atoms with Crippen LogP contribution in [0.4, 0.5) is 0 Å². The van der Waals surface area contributed by atoms with Gasteiger partial charge in [0.25, 0.3) is 0 Å². The number of esters is 4. The second-order valence-corrected chi connectivity index (χ2v) is 15.5. The van der Waals surface area contributed by atoms with Crippen LogP contribution in [0.5, 0.6) is 0 Å². The van der Waals surface area contributed by atoms with Gasteiger partial charge in [-0.1, -0.05) is 93.6 Å². The Morgan fingerprint density at radius 3 is 1.22 bits per heavy atom. The van der Waals surface area contributed by atoms with E-state index < -0.39 is 54.0 Å². The van der Waals surface area contributed by atoms with E-state index in [-0.39, 0.29) is 21.3 Å². The van der Waals surface area contributed by atoms with Gasteiger partial charge in [0.2, 0.25) is 0 Å². The van der Waals surface area contributed by atoms with Crippen LogP contribution in [0.25, 0.3) is 0 Å². The molecule has 0 saturated heterocycles. The molecule has 0 aromatic heterocycles. The lowest BCUT2D eigenvalue weighted by atomic mass is 10.0. The molecule has 0 unspecified atom stereocenters. The molecular formula is C40H42O8S3. The van der Waals surface area contributed by atoms with Gasteiger partial charge in [-0.25, -0.2) is 19.2 Å². The summed E-state index contributed by atoms with van der Waals surface area (Å²) in [5.74, 6) is -0.568. The molecule has 4 aromatic rings. The molecule has 0 aliphatic carbocycles. The SMILES string of the molecule is CCSC(SCC)[C@@H](SCC)[C@@H](OC(=O)c1ccccc1)[C@H](OC(=O)c1ccccc1)[C@@H](COC(=O)c1ccccc1)OC(=O)c1ccccc1. The zero-order valence-corrected chi connectivity index (χ0v) is 31.2. The summed E-state index contributed by atoms with van der Waals surface area (Å²) in [4.78, 5) is 54.8. The Morgan fingerprint density at radius 1 is 0.471 bits per heavy atom. The molecule has 0 amide bonds. The van der Waals surface area contributed by atoms with Crippen molar-refractivity contribution in [1.82, 2.24) is 0 Å². The van der Waals surface area contributed by atoms with Crippen molar-refractivity contribution in [2.45, 2.75) is 48.9 Å². The molecule has 4 rings (SSSR count). The summed E-state index contributed by atoms with van der Waals surface area (Å²) in [5.41, 5.74) is 1.07. The maximum atomic E-state index is 13.9. The topological polar surface area (TPSA) is 105 Å². The fraction of sp³-hybridized carbons (Fsp3) is 0.300. The van der Waals surface area contributed by atoms with E-state index >= 15 is 0 Å². The molecule has 0 spiro atoms. The average molecular weight is 747 g/mol. The Balaban J connectivity index is 1.86. The van der Waals surface area contributed by atoms with Crippen LogP contribution in [0.15, 0.2) is 121 Å². The summed E-state index contributed by atoms with van der Waals surface area (Å²) < 4.78 is 24.4. The van der Waals surface area contributed by atoms with Gasteiger partial charge in [-0.05, 0) is 65.8 Å². The van der Waals surface area contributed by atoms with E-state index in [1.54, 1.807) is 157 Å². The van der Waals surface area contributed by atoms with Crippen molar-refractivity contribution in [2.75, 3.05) is 23.9 Å². The molecule has 268 valence electrons. The zero-order chi connectivity index (χ0) is 36.4. The minimum atomic E-state index is -1.40. The van der Waals surface area contributed by atoms with E-state index in [0.717, 1.165) is 11.5 Å². The van der Waals surface area contributed by atoms with Gasteiger partial charge in [-0.2, -0.15) is 11.8 Å². The summed E-state index contributed by atoms with van der Waals surface area (Å²) >= 11 is 4.93. The van der Waals surface area contributed by atoms with Crippen molar-refractivity contribution in [3.8, 4) is 0 Å². The van der Waals surface area contributed by atoms with Crippen molar-refractivity contribution >= 4 is 59.2 Å². The third kappa shape index (κ3) is 11.9. The van der Waals surface area contributed by atoms with E-state index in [0.29, 0.717) is 11.3 Å². The van der Waals surface area contributed by atoms with Crippen LogP contribution in [0.3, 0.4) is 0 Å². The highest BCUT2D eigenvalue weighted by Crippen LogP contribution is 2.39. The van der Waals surface area contributed by atoms with E-state index in [1.807, 2.05) is 20.8 Å². The van der Waals surface area contributed by atoms with Crippen LogP contribution in [-0.4, -0.2) is 75.9 Å². The standard InChI is InChI=1S/C40H42O8S3/c1-4-49-35(40(50-5-2)51-6-3)34(48-39(44)31-25-17-10-18-26-31)33(47-38(43)30-23-15-9-16-24-30)32(46-37(42)29-21-13-8-14-22-29)27-45-36(41)28-19-11-7-12-20-28/h7-26,32-35,40H,4-6,27H2,1-3H3/t32-,33-,34+,35+/m1/s1. The summed E-state index contributed by atoms with van der Waals surface area (Å²) in [6, 6.07) is 33.6. The lowest BCUT2D eigenvalue weighted by Gasteiger charge is -2.38. The molecule has 4 atom stereocenters. The predicted octanol–water partition coefficient (Wildman–Crippen LogP) is 8.47. The molecule has 0 fully saturated rings. The van der Waals surface area contributed by atoms with Crippen LogP contribution in [0, 0.1) is 0 Å². The summed E-state index contributed by atoms with van der Waals surface area (Å²) in [5, 5.41) is -0.450. The lowest BCUT2D eigenvalue weighted by molar-refractivity contribution is -0.101. The molecule has 11 heteroatoms. The van der Waals surface area contributed by atoms with Gasteiger partial charge in [-0.3, -0.25) is 0 Å². The normalized spacial score (nSPS) is 13.3. The van der Waals surface area contributed by atoms with Crippen molar-refractivity contribution in [2.24, 2.45) is 0 Å². The first-order chi connectivity index (χ1) is 24.9. The molecule has 0 heterocycles. The summed E-state index contributed by atoms with van der Waals surface area (Å²) in [7, 11) is 0. The average Bonchev–Trinajstić information content (AvgIpc) is 3.18. The molecule has 0 aliphatic rings. The van der Waals surface area contributed by atoms with Gasteiger partial charge < -0.3 is 18.9 Å². The van der Waals surface area contributed by atoms with Crippen molar-refractivity contribution < 1.29 is 38.1 Å². The Morgan fingerprint density at radius 2 is 0.824 bits per heavy atom. The fourth-order valence-electron chi connectivity index (χ4n) is 5.09. The number of rotatable bonds is 19. The molecular weight excluding hydrogens is 705 g/mol.